The maximum atomic E-state index is 14.3. The van der Waals surface area contributed by atoms with Gasteiger partial charge in [-0.15, -0.1) is 0 Å². The molecule has 0 amide bonds. The van der Waals surface area contributed by atoms with Crippen LogP contribution in [0.5, 0.6) is 5.75 Å². The van der Waals surface area contributed by atoms with Crippen LogP contribution < -0.4 is 10.1 Å². The zero-order valence-corrected chi connectivity index (χ0v) is 14.0. The molecule has 1 atom stereocenters. The van der Waals surface area contributed by atoms with Gasteiger partial charge in [0.2, 0.25) is 0 Å². The predicted octanol–water partition coefficient (Wildman–Crippen LogP) is 4.41. The van der Waals surface area contributed by atoms with Crippen LogP contribution >= 0.6 is 15.9 Å². The van der Waals surface area contributed by atoms with Crippen molar-refractivity contribution in [2.24, 2.45) is 0 Å². The van der Waals surface area contributed by atoms with Gasteiger partial charge in [-0.1, -0.05) is 34.1 Å². The summed E-state index contributed by atoms with van der Waals surface area (Å²) in [6.45, 7) is 1.78. The molecule has 0 saturated heterocycles. The van der Waals surface area contributed by atoms with Gasteiger partial charge in [0.1, 0.15) is 11.6 Å². The number of ether oxygens (including phenoxy) is 1. The van der Waals surface area contributed by atoms with Crippen LogP contribution in [-0.4, -0.2) is 14.2 Å². The minimum Gasteiger partial charge on any atom is -0.497 e. The number of hydrogen-bond acceptors (Lipinski definition) is 2. The Labute approximate surface area is 133 Å². The normalized spacial score (nSPS) is 12.2. The molecule has 2 nitrogen and oxygen atoms in total. The van der Waals surface area contributed by atoms with E-state index >= 15 is 0 Å². The summed E-state index contributed by atoms with van der Waals surface area (Å²) in [4.78, 5) is 0. The fraction of sp³-hybridized carbons (Fsp3) is 0.294. The van der Waals surface area contributed by atoms with Crippen molar-refractivity contribution in [3.8, 4) is 5.75 Å². The standard InChI is InChI=1S/C17H19BrFNO/c1-11-5-4-6-14(17(11)19)16(20-2)10-12-9-13(21-3)7-8-15(12)18/h4-9,16,20H,10H2,1-3H3. The third kappa shape index (κ3) is 3.63. The highest BCUT2D eigenvalue weighted by molar-refractivity contribution is 9.10. The van der Waals surface area contributed by atoms with Crippen molar-refractivity contribution in [1.29, 1.82) is 0 Å². The third-order valence-corrected chi connectivity index (χ3v) is 4.40. The SMILES string of the molecule is CNC(Cc1cc(OC)ccc1Br)c1cccc(C)c1F. The predicted molar refractivity (Wildman–Crippen MR) is 87.3 cm³/mol. The molecule has 21 heavy (non-hydrogen) atoms. The van der Waals surface area contributed by atoms with E-state index in [0.29, 0.717) is 17.5 Å². The fourth-order valence-corrected chi connectivity index (χ4v) is 2.77. The molecule has 0 bridgehead atoms. The van der Waals surface area contributed by atoms with Gasteiger partial charge in [0.05, 0.1) is 7.11 Å². The number of hydrogen-bond donors (Lipinski definition) is 1. The maximum absolute atomic E-state index is 14.3. The minimum atomic E-state index is -0.143. The molecule has 1 N–H and O–H groups in total. The van der Waals surface area contributed by atoms with Crippen LogP contribution in [0.25, 0.3) is 0 Å². The van der Waals surface area contributed by atoms with E-state index in [0.717, 1.165) is 15.8 Å². The van der Waals surface area contributed by atoms with Crippen LogP contribution in [-0.2, 0) is 6.42 Å². The van der Waals surface area contributed by atoms with Crippen LogP contribution in [0.15, 0.2) is 40.9 Å². The lowest BCUT2D eigenvalue weighted by Crippen LogP contribution is -2.20. The molecule has 2 aromatic rings. The molecule has 0 fully saturated rings. The number of methoxy groups -OCH3 is 1. The first kappa shape index (κ1) is 16.0. The zero-order valence-electron chi connectivity index (χ0n) is 12.4. The topological polar surface area (TPSA) is 21.3 Å². The highest BCUT2D eigenvalue weighted by Gasteiger charge is 2.17. The van der Waals surface area contributed by atoms with Gasteiger partial charge in [0.15, 0.2) is 0 Å². The summed E-state index contributed by atoms with van der Waals surface area (Å²) in [6.07, 6.45) is 0.675. The maximum Gasteiger partial charge on any atom is 0.130 e. The lowest BCUT2D eigenvalue weighted by molar-refractivity contribution is 0.413. The molecule has 0 spiro atoms. The Balaban J connectivity index is 2.33. The Bertz CT molecular complexity index is 630. The molecule has 0 saturated carbocycles. The van der Waals surface area contributed by atoms with E-state index in [1.54, 1.807) is 20.1 Å². The highest BCUT2D eigenvalue weighted by atomic mass is 79.9. The van der Waals surface area contributed by atoms with Gasteiger partial charge in [-0.3, -0.25) is 0 Å². The van der Waals surface area contributed by atoms with E-state index in [2.05, 4.69) is 21.2 Å². The third-order valence-electron chi connectivity index (χ3n) is 3.62. The van der Waals surface area contributed by atoms with Crippen LogP contribution in [0.1, 0.15) is 22.7 Å². The van der Waals surface area contributed by atoms with Crippen molar-refractivity contribution in [3.05, 3.63) is 63.4 Å². The molecule has 0 aliphatic heterocycles. The molecule has 0 aromatic heterocycles. The zero-order chi connectivity index (χ0) is 15.4. The van der Waals surface area contributed by atoms with E-state index in [9.17, 15) is 4.39 Å². The van der Waals surface area contributed by atoms with Gasteiger partial charge < -0.3 is 10.1 Å². The first-order chi connectivity index (χ1) is 10.1. The first-order valence-corrected chi connectivity index (χ1v) is 7.60. The van der Waals surface area contributed by atoms with Crippen molar-refractivity contribution >= 4 is 15.9 Å². The van der Waals surface area contributed by atoms with Gasteiger partial charge in [-0.2, -0.15) is 0 Å². The molecule has 112 valence electrons. The summed E-state index contributed by atoms with van der Waals surface area (Å²) in [5.74, 6) is 0.656. The van der Waals surface area contributed by atoms with Gasteiger partial charge in [0.25, 0.3) is 0 Å². The number of aryl methyl sites for hydroxylation is 1. The average Bonchev–Trinajstić information content (AvgIpc) is 2.49. The van der Waals surface area contributed by atoms with Gasteiger partial charge in [-0.25, -0.2) is 4.39 Å². The summed E-state index contributed by atoms with van der Waals surface area (Å²) >= 11 is 3.55. The molecule has 4 heteroatoms. The summed E-state index contributed by atoms with van der Waals surface area (Å²) < 4.78 is 20.6. The second-order valence-corrected chi connectivity index (χ2v) is 5.84. The smallest absolute Gasteiger partial charge is 0.130 e. The molecular weight excluding hydrogens is 333 g/mol. The van der Waals surface area contributed by atoms with Crippen LogP contribution in [0.4, 0.5) is 4.39 Å². The van der Waals surface area contributed by atoms with Gasteiger partial charge in [0, 0.05) is 16.1 Å². The lowest BCUT2D eigenvalue weighted by atomic mass is 9.97. The molecule has 2 aromatic carbocycles. The minimum absolute atomic E-state index is 0.0895. The van der Waals surface area contributed by atoms with Gasteiger partial charge >= 0.3 is 0 Å². The van der Waals surface area contributed by atoms with E-state index in [1.807, 2.05) is 37.4 Å². The quantitative estimate of drug-likeness (QED) is 0.861. The summed E-state index contributed by atoms with van der Waals surface area (Å²) in [6, 6.07) is 11.2. The van der Waals surface area contributed by atoms with E-state index in [-0.39, 0.29) is 11.9 Å². The summed E-state index contributed by atoms with van der Waals surface area (Å²) in [5, 5.41) is 3.20. The number of nitrogens with one attached hydrogen (secondary N) is 1. The van der Waals surface area contributed by atoms with Crippen LogP contribution in [0.3, 0.4) is 0 Å². The number of benzene rings is 2. The monoisotopic (exact) mass is 351 g/mol. The first-order valence-electron chi connectivity index (χ1n) is 6.81. The Morgan fingerprint density at radius 1 is 1.29 bits per heavy atom. The van der Waals surface area contributed by atoms with Crippen molar-refractivity contribution in [2.75, 3.05) is 14.2 Å². The molecule has 0 heterocycles. The molecule has 0 aliphatic carbocycles. The largest absolute Gasteiger partial charge is 0.497 e. The van der Waals surface area contributed by atoms with Crippen molar-refractivity contribution in [2.45, 2.75) is 19.4 Å². The number of rotatable bonds is 5. The van der Waals surface area contributed by atoms with Crippen LogP contribution in [0.2, 0.25) is 0 Å². The highest BCUT2D eigenvalue weighted by Crippen LogP contribution is 2.28. The number of likely N-dealkylation sites (N-methyl/N-ethyl adjacent to an activating group) is 1. The lowest BCUT2D eigenvalue weighted by Gasteiger charge is -2.19. The van der Waals surface area contributed by atoms with E-state index in [1.165, 1.54) is 0 Å². The molecular formula is C17H19BrFNO. The second kappa shape index (κ2) is 7.05. The fourth-order valence-electron chi connectivity index (χ4n) is 2.36. The molecule has 0 radical (unpaired) electrons. The molecule has 0 aliphatic rings. The Hall–Kier alpha value is -1.39. The molecule has 2 rings (SSSR count). The van der Waals surface area contributed by atoms with Gasteiger partial charge in [-0.05, 0) is 49.7 Å². The van der Waals surface area contributed by atoms with Crippen molar-refractivity contribution in [3.63, 3.8) is 0 Å². The Morgan fingerprint density at radius 3 is 2.71 bits per heavy atom. The van der Waals surface area contributed by atoms with Crippen molar-refractivity contribution in [1.82, 2.24) is 5.32 Å². The van der Waals surface area contributed by atoms with Crippen molar-refractivity contribution < 1.29 is 9.13 Å². The average molecular weight is 352 g/mol. The number of halogens is 2. The Kier molecular flexibility index (Phi) is 5.37. The summed E-state index contributed by atoms with van der Waals surface area (Å²) in [5.41, 5.74) is 2.43. The van der Waals surface area contributed by atoms with E-state index in [4.69, 9.17) is 4.74 Å². The molecule has 1 unspecified atom stereocenters. The summed E-state index contributed by atoms with van der Waals surface area (Å²) in [7, 11) is 3.49. The van der Waals surface area contributed by atoms with Crippen LogP contribution in [0, 0.1) is 12.7 Å². The Morgan fingerprint density at radius 2 is 2.05 bits per heavy atom. The van der Waals surface area contributed by atoms with E-state index < -0.39 is 0 Å². The second-order valence-electron chi connectivity index (χ2n) is 4.98.